The van der Waals surface area contributed by atoms with Crippen molar-refractivity contribution in [1.82, 2.24) is 19.9 Å². The molecule has 34 heavy (non-hydrogen) atoms. The van der Waals surface area contributed by atoms with Gasteiger partial charge >= 0.3 is 0 Å². The van der Waals surface area contributed by atoms with Crippen LogP contribution in [0.4, 0.5) is 10.1 Å². The van der Waals surface area contributed by atoms with Crippen molar-refractivity contribution in [2.45, 2.75) is 19.9 Å². The number of hydrogen-bond donors (Lipinski definition) is 1. The fourth-order valence-corrected chi connectivity index (χ4v) is 4.36. The average molecular weight is 495 g/mol. The van der Waals surface area contributed by atoms with Crippen LogP contribution in [0.3, 0.4) is 0 Å². The van der Waals surface area contributed by atoms with Gasteiger partial charge < -0.3 is 9.88 Å². The van der Waals surface area contributed by atoms with Crippen LogP contribution in [0, 0.1) is 24.1 Å². The van der Waals surface area contributed by atoms with Crippen LogP contribution >= 0.6 is 18.7 Å². The Morgan fingerprint density at radius 3 is 2.50 bits per heavy atom. The van der Waals surface area contributed by atoms with Gasteiger partial charge in [-0.05, 0) is 57.5 Å². The summed E-state index contributed by atoms with van der Waals surface area (Å²) in [7, 11) is -2.57. The molecule has 0 aliphatic heterocycles. The van der Waals surface area contributed by atoms with E-state index in [1.165, 1.54) is 18.2 Å². The molecule has 3 aromatic heterocycles. The maximum absolute atomic E-state index is 14.5. The molecule has 4 aromatic rings. The van der Waals surface area contributed by atoms with Crippen molar-refractivity contribution in [1.29, 1.82) is 5.26 Å². The summed E-state index contributed by atoms with van der Waals surface area (Å²) in [5.41, 5.74) is 4.42. The summed E-state index contributed by atoms with van der Waals surface area (Å²) in [6.07, 6.45) is 3.16. The Bertz CT molecular complexity index is 1500. The van der Waals surface area contributed by atoms with Crippen molar-refractivity contribution in [2.24, 2.45) is 0 Å². The summed E-state index contributed by atoms with van der Waals surface area (Å²) >= 11 is 6.60. The van der Waals surface area contributed by atoms with E-state index in [-0.39, 0.29) is 0 Å². The van der Waals surface area contributed by atoms with Crippen molar-refractivity contribution < 1.29 is 8.96 Å². The number of nitrogens with one attached hydrogen (secondary N) is 1. The van der Waals surface area contributed by atoms with Crippen LogP contribution in [0.5, 0.6) is 0 Å². The number of halogens is 2. The molecule has 0 bridgehead atoms. The first-order chi connectivity index (χ1) is 16.1. The topological polar surface area (TPSA) is 104 Å². The van der Waals surface area contributed by atoms with E-state index in [1.54, 1.807) is 45.6 Å². The highest BCUT2D eigenvalue weighted by molar-refractivity contribution is 7.69. The van der Waals surface area contributed by atoms with Crippen LogP contribution in [0.1, 0.15) is 29.8 Å². The summed E-state index contributed by atoms with van der Waals surface area (Å²) in [5.74, 6) is -0.430. The number of hydrogen-bond acceptors (Lipinski definition) is 7. The molecule has 172 valence electrons. The van der Waals surface area contributed by atoms with Gasteiger partial charge in [-0.1, -0.05) is 11.6 Å². The molecule has 0 unspecified atom stereocenters. The van der Waals surface area contributed by atoms with E-state index in [2.05, 4.69) is 20.3 Å². The first-order valence-electron chi connectivity index (χ1n) is 10.4. The van der Waals surface area contributed by atoms with Gasteiger partial charge in [-0.2, -0.15) is 5.26 Å². The molecule has 1 atom stereocenters. The Labute approximate surface area is 201 Å². The number of nitriles is 1. The SMILES string of the molecule is Cc1nc2ccc(-c3cnc(P(C)(C)=O)nc3)nc2c(N[C@H](C)c2cc(C#N)ccc2F)c1Cl. The van der Waals surface area contributed by atoms with E-state index in [9.17, 15) is 14.2 Å². The largest absolute Gasteiger partial charge is 0.375 e. The maximum Gasteiger partial charge on any atom is 0.188 e. The number of aromatic nitrogens is 4. The van der Waals surface area contributed by atoms with Gasteiger partial charge in [-0.3, -0.25) is 0 Å². The molecule has 1 aromatic carbocycles. The fourth-order valence-electron chi connectivity index (χ4n) is 3.50. The molecule has 0 saturated heterocycles. The molecule has 0 aliphatic rings. The summed E-state index contributed by atoms with van der Waals surface area (Å²) in [6, 6.07) is 9.34. The molecule has 0 amide bonds. The summed E-state index contributed by atoms with van der Waals surface area (Å²) in [4.78, 5) is 17.7. The Hall–Kier alpha value is -3.40. The third-order valence-corrected chi connectivity index (χ3v) is 6.96. The Morgan fingerprint density at radius 1 is 1.15 bits per heavy atom. The van der Waals surface area contributed by atoms with Crippen molar-refractivity contribution in [2.75, 3.05) is 18.6 Å². The van der Waals surface area contributed by atoms with Gasteiger partial charge in [0.15, 0.2) is 5.57 Å². The minimum absolute atomic E-state index is 0.301. The van der Waals surface area contributed by atoms with E-state index >= 15 is 0 Å². The lowest BCUT2D eigenvalue weighted by Crippen LogP contribution is -2.12. The third kappa shape index (κ3) is 4.63. The van der Waals surface area contributed by atoms with Crippen LogP contribution in [-0.4, -0.2) is 33.3 Å². The van der Waals surface area contributed by atoms with Crippen molar-refractivity contribution in [3.63, 3.8) is 0 Å². The minimum atomic E-state index is -2.57. The lowest BCUT2D eigenvalue weighted by molar-refractivity contribution is 0.587. The first-order valence-corrected chi connectivity index (χ1v) is 13.4. The molecule has 0 fully saturated rings. The van der Waals surface area contributed by atoms with Gasteiger partial charge in [0.05, 0.1) is 45.3 Å². The van der Waals surface area contributed by atoms with E-state index in [4.69, 9.17) is 16.6 Å². The normalized spacial score (nSPS) is 12.4. The molecule has 0 saturated carbocycles. The van der Waals surface area contributed by atoms with Gasteiger partial charge in [0.1, 0.15) is 18.5 Å². The molecule has 10 heteroatoms. The lowest BCUT2D eigenvalue weighted by atomic mass is 10.0. The van der Waals surface area contributed by atoms with Gasteiger partial charge in [0, 0.05) is 23.5 Å². The summed E-state index contributed by atoms with van der Waals surface area (Å²) < 4.78 is 26.7. The number of anilines is 1. The summed E-state index contributed by atoms with van der Waals surface area (Å²) in [6.45, 7) is 6.78. The quantitative estimate of drug-likeness (QED) is 0.366. The number of rotatable bonds is 5. The molecule has 3 heterocycles. The van der Waals surface area contributed by atoms with Gasteiger partial charge in [0.2, 0.25) is 0 Å². The average Bonchev–Trinajstić information content (AvgIpc) is 2.81. The van der Waals surface area contributed by atoms with Crippen LogP contribution in [0.2, 0.25) is 5.02 Å². The second kappa shape index (κ2) is 9.09. The zero-order valence-corrected chi connectivity index (χ0v) is 20.6. The predicted octanol–water partition coefficient (Wildman–Crippen LogP) is 5.48. The van der Waals surface area contributed by atoms with Crippen LogP contribution < -0.4 is 10.9 Å². The number of fused-ring (bicyclic) bond motifs is 1. The van der Waals surface area contributed by atoms with Crippen molar-refractivity contribution in [3.8, 4) is 17.3 Å². The monoisotopic (exact) mass is 494 g/mol. The highest BCUT2D eigenvalue weighted by Crippen LogP contribution is 2.36. The standard InChI is InChI=1S/C24H21ClFN6OP/c1-13(17-9-15(10-27)5-6-18(17)26)31-23-21(25)14(2)30-20-8-7-19(32-22(20)23)16-11-28-24(29-12-16)34(3,4)33/h5-9,11-13H,1-4H3,(H,30,31)/t13-/m1/s1. The molecule has 0 aliphatic carbocycles. The molecule has 4 rings (SSSR count). The minimum Gasteiger partial charge on any atom is -0.375 e. The van der Waals surface area contributed by atoms with E-state index in [0.717, 1.165) is 0 Å². The second-order valence-corrected chi connectivity index (χ2v) is 11.8. The predicted molar refractivity (Wildman–Crippen MR) is 133 cm³/mol. The highest BCUT2D eigenvalue weighted by atomic mass is 35.5. The van der Waals surface area contributed by atoms with Gasteiger partial charge in [0.25, 0.3) is 0 Å². The Kier molecular flexibility index (Phi) is 6.35. The summed E-state index contributed by atoms with van der Waals surface area (Å²) in [5, 5.41) is 12.8. The van der Waals surface area contributed by atoms with E-state index in [1.807, 2.05) is 12.1 Å². The zero-order chi connectivity index (χ0) is 24.6. The van der Waals surface area contributed by atoms with Crippen molar-refractivity contribution in [3.05, 3.63) is 70.4 Å². The first kappa shape index (κ1) is 23.7. The molecule has 1 N–H and O–H groups in total. The van der Waals surface area contributed by atoms with Crippen molar-refractivity contribution >= 4 is 41.0 Å². The number of nitrogens with zero attached hydrogens (tertiary/aromatic N) is 5. The number of benzene rings is 1. The van der Waals surface area contributed by atoms with Crippen LogP contribution in [0.25, 0.3) is 22.3 Å². The van der Waals surface area contributed by atoms with Crippen LogP contribution in [0.15, 0.2) is 42.7 Å². The molecule has 0 spiro atoms. The molecular formula is C24H21ClFN6OP. The fraction of sp³-hybridized carbons (Fsp3) is 0.208. The van der Waals surface area contributed by atoms with Gasteiger partial charge in [-0.25, -0.2) is 24.3 Å². The number of pyridine rings is 2. The Morgan fingerprint density at radius 2 is 1.85 bits per heavy atom. The number of aryl methyl sites for hydroxylation is 1. The molecular weight excluding hydrogens is 474 g/mol. The van der Waals surface area contributed by atoms with Gasteiger partial charge in [-0.15, -0.1) is 0 Å². The third-order valence-electron chi connectivity index (χ3n) is 5.30. The molecule has 7 nitrogen and oxygen atoms in total. The highest BCUT2D eigenvalue weighted by Gasteiger charge is 2.19. The Balaban J connectivity index is 1.79. The maximum atomic E-state index is 14.5. The lowest BCUT2D eigenvalue weighted by Gasteiger charge is -2.20. The van der Waals surface area contributed by atoms with E-state index < -0.39 is 19.0 Å². The molecule has 0 radical (unpaired) electrons. The van der Waals surface area contributed by atoms with E-state index in [0.29, 0.717) is 55.4 Å². The van der Waals surface area contributed by atoms with Crippen LogP contribution in [-0.2, 0) is 4.57 Å². The second-order valence-electron chi connectivity index (χ2n) is 8.29. The smallest absolute Gasteiger partial charge is 0.188 e. The zero-order valence-electron chi connectivity index (χ0n) is 19.0.